The lowest BCUT2D eigenvalue weighted by molar-refractivity contribution is 0.517. The van der Waals surface area contributed by atoms with E-state index in [0.29, 0.717) is 0 Å². The van der Waals surface area contributed by atoms with Gasteiger partial charge in [0, 0.05) is 5.92 Å². The molecular weight excluding hydrogens is 152 g/mol. The van der Waals surface area contributed by atoms with Crippen molar-refractivity contribution in [2.75, 3.05) is 0 Å². The van der Waals surface area contributed by atoms with Gasteiger partial charge in [0.25, 0.3) is 8.32 Å². The summed E-state index contributed by atoms with van der Waals surface area (Å²) in [5.74, 6) is 3.16. The van der Waals surface area contributed by atoms with Gasteiger partial charge in [-0.05, 0) is 26.6 Å². The van der Waals surface area contributed by atoms with E-state index in [0.717, 1.165) is 0 Å². The van der Waals surface area contributed by atoms with Gasteiger partial charge in [0.1, 0.15) is 0 Å². The second-order valence-electron chi connectivity index (χ2n) is 3.49. The van der Waals surface area contributed by atoms with Crippen LogP contribution in [0.25, 0.3) is 0 Å². The first-order valence-corrected chi connectivity index (χ1v) is 7.17. The molecule has 0 saturated carbocycles. The first-order chi connectivity index (χ1) is 4.95. The zero-order valence-corrected chi connectivity index (χ0v) is 8.77. The van der Waals surface area contributed by atoms with Crippen LogP contribution in [0, 0.1) is 17.9 Å². The summed E-state index contributed by atoms with van der Waals surface area (Å²) in [6.07, 6.45) is 4.52. The Morgan fingerprint density at radius 1 is 1.45 bits per heavy atom. The van der Waals surface area contributed by atoms with Gasteiger partial charge < -0.3 is 4.43 Å². The van der Waals surface area contributed by atoms with E-state index >= 15 is 0 Å². The first-order valence-electron chi connectivity index (χ1n) is 3.77. The highest BCUT2D eigenvalue weighted by Crippen LogP contribution is 2.00. The molecule has 62 valence electrons. The minimum atomic E-state index is -1.44. The van der Waals surface area contributed by atoms with Gasteiger partial charge in [0.15, 0.2) is 0 Å². The second kappa shape index (κ2) is 4.25. The Balaban J connectivity index is 3.82. The van der Waals surface area contributed by atoms with Gasteiger partial charge in [-0.3, -0.25) is 0 Å². The highest BCUT2D eigenvalue weighted by atomic mass is 28.4. The molecule has 0 aromatic heterocycles. The average Bonchev–Trinajstić information content (AvgIpc) is 1.85. The van der Waals surface area contributed by atoms with Gasteiger partial charge in [-0.25, -0.2) is 0 Å². The van der Waals surface area contributed by atoms with Crippen LogP contribution in [0.4, 0.5) is 0 Å². The van der Waals surface area contributed by atoms with Crippen molar-refractivity contribution in [2.45, 2.75) is 26.6 Å². The molecule has 0 rings (SSSR count). The maximum absolute atomic E-state index is 5.33. The molecule has 0 aliphatic heterocycles. The van der Waals surface area contributed by atoms with E-state index in [-0.39, 0.29) is 5.92 Å². The minimum Gasteiger partial charge on any atom is -0.501 e. The zero-order chi connectivity index (χ0) is 8.91. The molecule has 0 radical (unpaired) electrons. The fourth-order valence-corrected chi connectivity index (χ4v) is 0.700. The molecule has 11 heavy (non-hydrogen) atoms. The predicted molar refractivity (Wildman–Crippen MR) is 51.6 cm³/mol. The van der Waals surface area contributed by atoms with Crippen LogP contribution >= 0.6 is 0 Å². The first kappa shape index (κ1) is 10.3. The van der Waals surface area contributed by atoms with Crippen LogP contribution in [0.3, 0.4) is 0 Å². The number of hydrogen-bond donors (Lipinski definition) is 0. The molecule has 0 heterocycles. The van der Waals surface area contributed by atoms with Crippen molar-refractivity contribution in [3.05, 3.63) is 12.7 Å². The van der Waals surface area contributed by atoms with E-state index in [9.17, 15) is 0 Å². The average molecular weight is 168 g/mol. The second-order valence-corrected chi connectivity index (χ2v) is 7.91. The van der Waals surface area contributed by atoms with Crippen LogP contribution in [0.5, 0.6) is 0 Å². The molecule has 0 aromatic carbocycles. The summed E-state index contributed by atoms with van der Waals surface area (Å²) in [7, 11) is -1.44. The zero-order valence-electron chi connectivity index (χ0n) is 7.77. The summed E-state index contributed by atoms with van der Waals surface area (Å²) in [5.41, 5.74) is 0. The third-order valence-electron chi connectivity index (χ3n) is 0.997. The lowest BCUT2D eigenvalue weighted by atomic mass is 10.2. The minimum absolute atomic E-state index is 0.228. The molecule has 2 heteroatoms. The molecule has 1 atom stereocenters. The molecule has 0 aliphatic carbocycles. The maximum atomic E-state index is 5.33. The van der Waals surface area contributed by atoms with Crippen LogP contribution in [0.2, 0.25) is 19.6 Å². The van der Waals surface area contributed by atoms with E-state index in [2.05, 4.69) is 38.2 Å². The lowest BCUT2D eigenvalue weighted by Gasteiger charge is -2.11. The third kappa shape index (κ3) is 7.21. The smallest absolute Gasteiger partial charge is 0.255 e. The number of allylic oxidation sites excluding steroid dienone is 1. The largest absolute Gasteiger partial charge is 0.501 e. The summed E-state index contributed by atoms with van der Waals surface area (Å²) in [4.78, 5) is 0. The molecule has 0 fully saturated rings. The standard InChI is InChI=1S/C9H16OSi/c1-6-9(2)7-8-10-11(3,4)5/h6,9H,1H2,2-5H3. The molecule has 1 nitrogen and oxygen atoms in total. The highest BCUT2D eigenvalue weighted by Gasteiger charge is 2.13. The van der Waals surface area contributed by atoms with E-state index < -0.39 is 8.32 Å². The van der Waals surface area contributed by atoms with Crippen molar-refractivity contribution in [1.82, 2.24) is 0 Å². The van der Waals surface area contributed by atoms with E-state index in [1.165, 1.54) is 0 Å². The summed E-state index contributed by atoms with van der Waals surface area (Å²) < 4.78 is 5.33. The van der Waals surface area contributed by atoms with Crippen molar-refractivity contribution in [3.63, 3.8) is 0 Å². The summed E-state index contributed by atoms with van der Waals surface area (Å²) >= 11 is 0. The van der Waals surface area contributed by atoms with E-state index in [1.807, 2.05) is 6.92 Å². The fourth-order valence-electron chi connectivity index (χ4n) is 0.334. The molecule has 0 N–H and O–H groups in total. The number of hydrogen-bond acceptors (Lipinski definition) is 1. The maximum Gasteiger partial charge on any atom is 0.255 e. The van der Waals surface area contributed by atoms with Crippen LogP contribution < -0.4 is 0 Å². The Labute approximate surface area is 70.6 Å². The van der Waals surface area contributed by atoms with Gasteiger partial charge in [-0.15, -0.1) is 6.58 Å². The Bertz CT molecular complexity index is 180. The quantitative estimate of drug-likeness (QED) is 0.350. The SMILES string of the molecule is C=CC(C)C#CO[Si](C)(C)C. The van der Waals surface area contributed by atoms with E-state index in [1.54, 1.807) is 6.08 Å². The van der Waals surface area contributed by atoms with Crippen molar-refractivity contribution in [1.29, 1.82) is 0 Å². The summed E-state index contributed by atoms with van der Waals surface area (Å²) in [6.45, 7) is 12.0. The Morgan fingerprint density at radius 3 is 2.36 bits per heavy atom. The molecule has 0 aliphatic rings. The third-order valence-corrected chi connectivity index (χ3v) is 1.71. The lowest BCUT2D eigenvalue weighted by Crippen LogP contribution is -2.22. The van der Waals surface area contributed by atoms with Crippen molar-refractivity contribution >= 4 is 8.32 Å². The Morgan fingerprint density at radius 2 is 2.00 bits per heavy atom. The molecule has 0 saturated heterocycles. The van der Waals surface area contributed by atoms with Gasteiger partial charge in [-0.1, -0.05) is 12.0 Å². The van der Waals surface area contributed by atoms with Gasteiger partial charge in [-0.2, -0.15) is 0 Å². The normalized spacial score (nSPS) is 12.7. The summed E-state index contributed by atoms with van der Waals surface area (Å²) in [6, 6.07) is 0. The topological polar surface area (TPSA) is 9.23 Å². The van der Waals surface area contributed by atoms with Crippen LogP contribution in [-0.4, -0.2) is 8.32 Å². The van der Waals surface area contributed by atoms with Gasteiger partial charge in [0.05, 0.1) is 6.11 Å². The highest BCUT2D eigenvalue weighted by molar-refractivity contribution is 6.70. The van der Waals surface area contributed by atoms with Crippen LogP contribution in [-0.2, 0) is 4.43 Å². The molecule has 0 bridgehead atoms. The fraction of sp³-hybridized carbons (Fsp3) is 0.556. The van der Waals surface area contributed by atoms with Crippen molar-refractivity contribution in [3.8, 4) is 12.0 Å². The van der Waals surface area contributed by atoms with Crippen molar-refractivity contribution in [2.24, 2.45) is 5.92 Å². The molecule has 0 aromatic rings. The molecule has 0 spiro atoms. The molecule has 1 unspecified atom stereocenters. The molecule has 0 amide bonds. The number of rotatable bonds is 2. The van der Waals surface area contributed by atoms with Gasteiger partial charge in [0.2, 0.25) is 0 Å². The molecular formula is C9H16OSi. The Hall–Kier alpha value is -0.683. The van der Waals surface area contributed by atoms with Crippen LogP contribution in [0.15, 0.2) is 12.7 Å². The Kier molecular flexibility index (Phi) is 3.98. The monoisotopic (exact) mass is 168 g/mol. The summed E-state index contributed by atoms with van der Waals surface area (Å²) in [5, 5.41) is 0. The van der Waals surface area contributed by atoms with Crippen molar-refractivity contribution < 1.29 is 4.43 Å². The predicted octanol–water partition coefficient (Wildman–Crippen LogP) is 2.62. The van der Waals surface area contributed by atoms with E-state index in [4.69, 9.17) is 4.43 Å². The van der Waals surface area contributed by atoms with Crippen LogP contribution in [0.1, 0.15) is 6.92 Å². The van der Waals surface area contributed by atoms with Gasteiger partial charge >= 0.3 is 0 Å².